The SMILES string of the molecule is CNC(Cc1nc2ccccc2s1)c1ccncn1. The number of nitrogens with one attached hydrogen (secondary N) is 1. The zero-order valence-electron chi connectivity index (χ0n) is 10.6. The second-order valence-corrected chi connectivity index (χ2v) is 5.37. The third-order valence-corrected chi connectivity index (χ3v) is 4.09. The van der Waals surface area contributed by atoms with Gasteiger partial charge in [-0.3, -0.25) is 0 Å². The van der Waals surface area contributed by atoms with E-state index in [-0.39, 0.29) is 6.04 Å². The van der Waals surface area contributed by atoms with Gasteiger partial charge >= 0.3 is 0 Å². The van der Waals surface area contributed by atoms with Gasteiger partial charge in [0.25, 0.3) is 0 Å². The molecular weight excluding hydrogens is 256 g/mol. The average molecular weight is 270 g/mol. The van der Waals surface area contributed by atoms with Gasteiger partial charge in [0.2, 0.25) is 0 Å². The minimum atomic E-state index is 0.170. The number of para-hydroxylation sites is 1. The summed E-state index contributed by atoms with van der Waals surface area (Å²) < 4.78 is 1.23. The number of rotatable bonds is 4. The van der Waals surface area contributed by atoms with Gasteiger partial charge in [-0.05, 0) is 25.2 Å². The Hall–Kier alpha value is -1.85. The van der Waals surface area contributed by atoms with Crippen LogP contribution >= 0.6 is 11.3 Å². The first-order valence-corrected chi connectivity index (χ1v) is 6.96. The Labute approximate surface area is 115 Å². The summed E-state index contributed by atoms with van der Waals surface area (Å²) >= 11 is 1.74. The molecule has 0 aliphatic rings. The van der Waals surface area contributed by atoms with E-state index in [2.05, 4.69) is 32.4 Å². The van der Waals surface area contributed by atoms with Crippen LogP contribution in [0.2, 0.25) is 0 Å². The van der Waals surface area contributed by atoms with E-state index >= 15 is 0 Å². The highest BCUT2D eigenvalue weighted by Crippen LogP contribution is 2.25. The number of nitrogens with zero attached hydrogens (tertiary/aromatic N) is 3. The molecule has 2 heterocycles. The monoisotopic (exact) mass is 270 g/mol. The summed E-state index contributed by atoms with van der Waals surface area (Å²) in [7, 11) is 1.94. The summed E-state index contributed by atoms with van der Waals surface area (Å²) in [5.74, 6) is 0. The van der Waals surface area contributed by atoms with Gasteiger partial charge in [0, 0.05) is 12.6 Å². The van der Waals surface area contributed by atoms with E-state index in [0.717, 1.165) is 22.6 Å². The third-order valence-electron chi connectivity index (χ3n) is 3.03. The fourth-order valence-electron chi connectivity index (χ4n) is 2.04. The molecule has 0 fully saturated rings. The lowest BCUT2D eigenvalue weighted by molar-refractivity contribution is 0.573. The first kappa shape index (κ1) is 12.2. The van der Waals surface area contributed by atoms with Crippen LogP contribution in [-0.2, 0) is 6.42 Å². The van der Waals surface area contributed by atoms with Crippen molar-refractivity contribution in [3.05, 3.63) is 53.6 Å². The van der Waals surface area contributed by atoms with E-state index in [1.807, 2.05) is 25.2 Å². The predicted octanol–water partition coefficient (Wildman–Crippen LogP) is 2.59. The molecule has 1 atom stereocenters. The smallest absolute Gasteiger partial charge is 0.115 e. The minimum absolute atomic E-state index is 0.170. The fourth-order valence-corrected chi connectivity index (χ4v) is 3.06. The van der Waals surface area contributed by atoms with Gasteiger partial charge in [-0.1, -0.05) is 12.1 Å². The van der Waals surface area contributed by atoms with Crippen molar-refractivity contribution in [1.29, 1.82) is 0 Å². The standard InChI is InChI=1S/C14H14N4S/c1-15-12(10-6-7-16-9-17-10)8-14-18-11-4-2-3-5-13(11)19-14/h2-7,9,12,15H,8H2,1H3. The molecule has 0 aliphatic carbocycles. The number of thiazole rings is 1. The van der Waals surface area contributed by atoms with Crippen molar-refractivity contribution in [2.24, 2.45) is 0 Å². The van der Waals surface area contributed by atoms with Crippen LogP contribution in [0.1, 0.15) is 16.7 Å². The van der Waals surface area contributed by atoms with E-state index < -0.39 is 0 Å². The molecule has 0 bridgehead atoms. The first-order valence-electron chi connectivity index (χ1n) is 6.14. The third kappa shape index (κ3) is 2.62. The van der Waals surface area contributed by atoms with Gasteiger partial charge < -0.3 is 5.32 Å². The maximum absolute atomic E-state index is 4.66. The Balaban J connectivity index is 1.86. The fraction of sp³-hybridized carbons (Fsp3) is 0.214. The average Bonchev–Trinajstić information content (AvgIpc) is 2.88. The van der Waals surface area contributed by atoms with Crippen molar-refractivity contribution in [2.45, 2.75) is 12.5 Å². The van der Waals surface area contributed by atoms with Gasteiger partial charge in [0.1, 0.15) is 6.33 Å². The molecule has 3 aromatic rings. The Morgan fingerprint density at radius 2 is 2.16 bits per heavy atom. The van der Waals surface area contributed by atoms with Crippen molar-refractivity contribution >= 4 is 21.6 Å². The molecule has 0 radical (unpaired) electrons. The lowest BCUT2D eigenvalue weighted by Gasteiger charge is -2.13. The number of fused-ring (bicyclic) bond motifs is 1. The summed E-state index contributed by atoms with van der Waals surface area (Å²) in [6, 6.07) is 10.3. The second kappa shape index (κ2) is 5.42. The Bertz CT molecular complexity index is 632. The van der Waals surface area contributed by atoms with Gasteiger partial charge in [-0.2, -0.15) is 0 Å². The van der Waals surface area contributed by atoms with Crippen LogP contribution in [0.25, 0.3) is 10.2 Å². The molecule has 1 N–H and O–H groups in total. The van der Waals surface area contributed by atoms with Gasteiger partial charge in [0.15, 0.2) is 0 Å². The Morgan fingerprint density at radius 1 is 1.26 bits per heavy atom. The van der Waals surface area contributed by atoms with Crippen LogP contribution in [0.3, 0.4) is 0 Å². The lowest BCUT2D eigenvalue weighted by Crippen LogP contribution is -2.19. The van der Waals surface area contributed by atoms with Crippen LogP contribution in [0.5, 0.6) is 0 Å². The number of likely N-dealkylation sites (N-methyl/N-ethyl adjacent to an activating group) is 1. The number of hydrogen-bond donors (Lipinski definition) is 1. The van der Waals surface area contributed by atoms with Crippen LogP contribution < -0.4 is 5.32 Å². The Morgan fingerprint density at radius 3 is 2.89 bits per heavy atom. The normalized spacial score (nSPS) is 12.7. The Kier molecular flexibility index (Phi) is 3.48. The highest BCUT2D eigenvalue weighted by Gasteiger charge is 2.14. The summed E-state index contributed by atoms with van der Waals surface area (Å²) in [5.41, 5.74) is 2.07. The van der Waals surface area contributed by atoms with Gasteiger partial charge in [-0.15, -0.1) is 11.3 Å². The molecule has 1 unspecified atom stereocenters. The van der Waals surface area contributed by atoms with Crippen molar-refractivity contribution < 1.29 is 0 Å². The molecule has 0 saturated heterocycles. The van der Waals surface area contributed by atoms with Crippen LogP contribution in [-0.4, -0.2) is 22.0 Å². The van der Waals surface area contributed by atoms with E-state index in [0.29, 0.717) is 0 Å². The maximum atomic E-state index is 4.66. The second-order valence-electron chi connectivity index (χ2n) is 4.25. The topological polar surface area (TPSA) is 50.7 Å². The van der Waals surface area contributed by atoms with Crippen LogP contribution in [0, 0.1) is 0 Å². The molecule has 3 rings (SSSR count). The van der Waals surface area contributed by atoms with Crippen molar-refractivity contribution in [1.82, 2.24) is 20.3 Å². The molecule has 96 valence electrons. The molecule has 2 aromatic heterocycles. The zero-order chi connectivity index (χ0) is 13.1. The molecule has 0 saturated carbocycles. The van der Waals surface area contributed by atoms with Crippen molar-refractivity contribution in [2.75, 3.05) is 7.05 Å². The summed E-state index contributed by atoms with van der Waals surface area (Å²) in [6.45, 7) is 0. The van der Waals surface area contributed by atoms with Crippen molar-refractivity contribution in [3.8, 4) is 0 Å². The van der Waals surface area contributed by atoms with Gasteiger partial charge in [0.05, 0.1) is 27.0 Å². The van der Waals surface area contributed by atoms with Crippen molar-refractivity contribution in [3.63, 3.8) is 0 Å². The quantitative estimate of drug-likeness (QED) is 0.791. The summed E-state index contributed by atoms with van der Waals surface area (Å²) in [4.78, 5) is 12.9. The minimum Gasteiger partial charge on any atom is -0.311 e. The molecule has 4 nitrogen and oxygen atoms in total. The molecule has 0 spiro atoms. The van der Waals surface area contributed by atoms with E-state index in [4.69, 9.17) is 0 Å². The molecule has 0 amide bonds. The predicted molar refractivity (Wildman–Crippen MR) is 77.2 cm³/mol. The highest BCUT2D eigenvalue weighted by molar-refractivity contribution is 7.18. The molecule has 1 aromatic carbocycles. The lowest BCUT2D eigenvalue weighted by atomic mass is 10.1. The maximum Gasteiger partial charge on any atom is 0.115 e. The first-order chi connectivity index (χ1) is 9.36. The molecule has 19 heavy (non-hydrogen) atoms. The number of hydrogen-bond acceptors (Lipinski definition) is 5. The summed E-state index contributed by atoms with van der Waals surface area (Å²) in [5, 5.41) is 4.41. The zero-order valence-corrected chi connectivity index (χ0v) is 11.4. The van der Waals surface area contributed by atoms with Crippen LogP contribution in [0.15, 0.2) is 42.9 Å². The van der Waals surface area contributed by atoms with E-state index in [9.17, 15) is 0 Å². The highest BCUT2D eigenvalue weighted by atomic mass is 32.1. The number of aromatic nitrogens is 3. The summed E-state index contributed by atoms with van der Waals surface area (Å²) in [6.07, 6.45) is 4.19. The molecule has 5 heteroatoms. The largest absolute Gasteiger partial charge is 0.311 e. The van der Waals surface area contributed by atoms with E-state index in [1.54, 1.807) is 23.9 Å². The molecule has 0 aliphatic heterocycles. The molecular formula is C14H14N4S. The van der Waals surface area contributed by atoms with Crippen LogP contribution in [0.4, 0.5) is 0 Å². The van der Waals surface area contributed by atoms with Gasteiger partial charge in [-0.25, -0.2) is 15.0 Å². The number of benzene rings is 1. The van der Waals surface area contributed by atoms with E-state index in [1.165, 1.54) is 4.70 Å².